The summed E-state index contributed by atoms with van der Waals surface area (Å²) >= 11 is 0. The second kappa shape index (κ2) is 5.53. The molecule has 118 valence electrons. The number of aldehydes is 1. The Kier molecular flexibility index (Phi) is 3.67. The third kappa shape index (κ3) is 2.72. The van der Waals surface area contributed by atoms with Crippen LogP contribution in [0.25, 0.3) is 0 Å². The number of ketones is 1. The molecule has 0 fully saturated rings. The van der Waals surface area contributed by atoms with E-state index >= 15 is 0 Å². The lowest BCUT2D eigenvalue weighted by Gasteiger charge is -2.25. The SMILES string of the molecule is O=CC(=O)C1Cc2ccccc2N1c1ccc(C(F)(F)F)cc1. The first-order chi connectivity index (χ1) is 10.9. The molecular formula is C17H12F3NO2. The molecule has 0 aromatic heterocycles. The lowest BCUT2D eigenvalue weighted by Crippen LogP contribution is -2.36. The van der Waals surface area contributed by atoms with Gasteiger partial charge in [-0.3, -0.25) is 9.59 Å². The highest BCUT2D eigenvalue weighted by Crippen LogP contribution is 2.39. The largest absolute Gasteiger partial charge is 0.416 e. The molecular weight excluding hydrogens is 307 g/mol. The van der Waals surface area contributed by atoms with Gasteiger partial charge in [-0.15, -0.1) is 0 Å². The maximum Gasteiger partial charge on any atom is 0.416 e. The monoisotopic (exact) mass is 319 g/mol. The van der Waals surface area contributed by atoms with Crippen LogP contribution in [0.4, 0.5) is 24.5 Å². The topological polar surface area (TPSA) is 37.4 Å². The van der Waals surface area contributed by atoms with Gasteiger partial charge >= 0.3 is 6.18 Å². The van der Waals surface area contributed by atoms with E-state index in [1.165, 1.54) is 12.1 Å². The minimum Gasteiger partial charge on any atom is -0.330 e. The standard InChI is InChI=1S/C17H12F3NO2/c18-17(19,20)12-5-7-13(8-6-12)21-14-4-2-1-3-11(14)9-15(21)16(23)10-22/h1-8,10,15H,9H2. The van der Waals surface area contributed by atoms with Gasteiger partial charge in [0.1, 0.15) is 6.04 Å². The maximum atomic E-state index is 12.7. The number of carbonyl (C=O) groups excluding carboxylic acids is 2. The van der Waals surface area contributed by atoms with Gasteiger partial charge in [0.15, 0.2) is 6.29 Å². The Morgan fingerprint density at radius 1 is 1.09 bits per heavy atom. The van der Waals surface area contributed by atoms with Crippen molar-refractivity contribution in [1.82, 2.24) is 0 Å². The molecule has 2 aromatic rings. The highest BCUT2D eigenvalue weighted by Gasteiger charge is 2.36. The third-order valence-corrected chi connectivity index (χ3v) is 3.89. The van der Waals surface area contributed by atoms with Crippen LogP contribution in [-0.4, -0.2) is 18.1 Å². The summed E-state index contributed by atoms with van der Waals surface area (Å²) in [5.41, 5.74) is 1.30. The van der Waals surface area contributed by atoms with Gasteiger partial charge in [0.05, 0.1) is 5.56 Å². The van der Waals surface area contributed by atoms with Gasteiger partial charge in [0, 0.05) is 17.8 Å². The van der Waals surface area contributed by atoms with Crippen LogP contribution in [0.2, 0.25) is 0 Å². The second-order valence-electron chi connectivity index (χ2n) is 5.28. The van der Waals surface area contributed by atoms with Crippen molar-refractivity contribution in [2.45, 2.75) is 18.6 Å². The Hall–Kier alpha value is -2.63. The summed E-state index contributed by atoms with van der Waals surface area (Å²) in [5, 5.41) is 0. The quantitative estimate of drug-likeness (QED) is 0.641. The summed E-state index contributed by atoms with van der Waals surface area (Å²) in [6.07, 6.45) is -3.80. The molecule has 23 heavy (non-hydrogen) atoms. The zero-order valence-corrected chi connectivity index (χ0v) is 11.9. The molecule has 0 bridgehead atoms. The van der Waals surface area contributed by atoms with Crippen LogP contribution < -0.4 is 4.90 Å². The van der Waals surface area contributed by atoms with Gasteiger partial charge in [-0.25, -0.2) is 0 Å². The first-order valence-corrected chi connectivity index (χ1v) is 6.95. The van der Waals surface area contributed by atoms with Crippen LogP contribution in [0.3, 0.4) is 0 Å². The van der Waals surface area contributed by atoms with E-state index in [4.69, 9.17) is 0 Å². The van der Waals surface area contributed by atoms with E-state index in [9.17, 15) is 22.8 Å². The number of rotatable bonds is 3. The molecule has 1 aliphatic heterocycles. The number of Topliss-reactive ketones (excluding diaryl/α,β-unsaturated/α-hetero) is 1. The zero-order valence-electron chi connectivity index (χ0n) is 11.9. The molecule has 0 aliphatic carbocycles. The van der Waals surface area contributed by atoms with Crippen molar-refractivity contribution in [3.05, 3.63) is 59.7 Å². The van der Waals surface area contributed by atoms with Crippen LogP contribution in [0, 0.1) is 0 Å². The molecule has 3 nitrogen and oxygen atoms in total. The summed E-state index contributed by atoms with van der Waals surface area (Å²) in [4.78, 5) is 24.4. The van der Waals surface area contributed by atoms with Crippen LogP contribution >= 0.6 is 0 Å². The Labute approximate surface area is 130 Å². The number of nitrogens with zero attached hydrogens (tertiary/aromatic N) is 1. The molecule has 1 atom stereocenters. The number of alkyl halides is 3. The molecule has 3 rings (SSSR count). The zero-order chi connectivity index (χ0) is 16.6. The number of fused-ring (bicyclic) bond motifs is 1. The van der Waals surface area contributed by atoms with E-state index in [-0.39, 0.29) is 6.29 Å². The molecule has 6 heteroatoms. The minimum absolute atomic E-state index is 0.258. The van der Waals surface area contributed by atoms with Gasteiger partial charge in [0.25, 0.3) is 0 Å². The Bertz CT molecular complexity index is 753. The first-order valence-electron chi connectivity index (χ1n) is 6.95. The Morgan fingerprint density at radius 2 is 1.74 bits per heavy atom. The summed E-state index contributed by atoms with van der Waals surface area (Å²) in [6.45, 7) is 0. The van der Waals surface area contributed by atoms with Crippen molar-refractivity contribution in [2.75, 3.05) is 4.90 Å². The summed E-state index contributed by atoms with van der Waals surface area (Å²) < 4.78 is 38.0. The molecule has 0 N–H and O–H groups in total. The predicted octanol–water partition coefficient (Wildman–Crippen LogP) is 3.54. The molecule has 1 unspecified atom stereocenters. The number of hydrogen-bond donors (Lipinski definition) is 0. The Balaban J connectivity index is 2.04. The van der Waals surface area contributed by atoms with Gasteiger partial charge in [-0.1, -0.05) is 18.2 Å². The van der Waals surface area contributed by atoms with E-state index in [0.717, 1.165) is 23.4 Å². The molecule has 1 aliphatic rings. The van der Waals surface area contributed by atoms with Crippen molar-refractivity contribution in [1.29, 1.82) is 0 Å². The molecule has 2 aromatic carbocycles. The van der Waals surface area contributed by atoms with Crippen LogP contribution in [0.1, 0.15) is 11.1 Å². The fourth-order valence-corrected chi connectivity index (χ4v) is 2.82. The normalized spacial score (nSPS) is 17.0. The van der Waals surface area contributed by atoms with Crippen LogP contribution in [-0.2, 0) is 22.2 Å². The van der Waals surface area contributed by atoms with E-state index in [1.54, 1.807) is 17.0 Å². The molecule has 0 saturated heterocycles. The molecule has 0 spiro atoms. The second-order valence-corrected chi connectivity index (χ2v) is 5.28. The predicted molar refractivity (Wildman–Crippen MR) is 78.6 cm³/mol. The highest BCUT2D eigenvalue weighted by atomic mass is 19.4. The smallest absolute Gasteiger partial charge is 0.330 e. The van der Waals surface area contributed by atoms with Gasteiger partial charge in [-0.2, -0.15) is 13.2 Å². The summed E-state index contributed by atoms with van der Waals surface area (Å²) in [6, 6.07) is 11.1. The van der Waals surface area contributed by atoms with E-state index in [2.05, 4.69) is 0 Å². The number of hydrogen-bond acceptors (Lipinski definition) is 3. The average molecular weight is 319 g/mol. The van der Waals surface area contributed by atoms with Gasteiger partial charge in [0.2, 0.25) is 5.78 Å². The first kappa shape index (κ1) is 15.3. The third-order valence-electron chi connectivity index (χ3n) is 3.89. The fourth-order valence-electron chi connectivity index (χ4n) is 2.82. The average Bonchev–Trinajstić information content (AvgIpc) is 2.93. The summed E-state index contributed by atoms with van der Waals surface area (Å²) in [7, 11) is 0. The van der Waals surface area contributed by atoms with E-state index < -0.39 is 23.6 Å². The maximum absolute atomic E-state index is 12.7. The van der Waals surface area contributed by atoms with Crippen LogP contribution in [0.5, 0.6) is 0 Å². The van der Waals surface area contributed by atoms with E-state index in [1.807, 2.05) is 12.1 Å². The van der Waals surface area contributed by atoms with Crippen molar-refractivity contribution < 1.29 is 22.8 Å². The molecule has 0 amide bonds. The number of halogens is 3. The molecule has 1 heterocycles. The lowest BCUT2D eigenvalue weighted by atomic mass is 10.1. The summed E-state index contributed by atoms with van der Waals surface area (Å²) in [5.74, 6) is -0.596. The fraction of sp³-hybridized carbons (Fsp3) is 0.176. The Morgan fingerprint density at radius 3 is 2.35 bits per heavy atom. The molecule has 0 radical (unpaired) electrons. The van der Waals surface area contributed by atoms with Crippen molar-refractivity contribution in [2.24, 2.45) is 0 Å². The van der Waals surface area contributed by atoms with Crippen molar-refractivity contribution in [3.8, 4) is 0 Å². The molecule has 0 saturated carbocycles. The number of carbonyl (C=O) groups is 2. The van der Waals surface area contributed by atoms with Crippen molar-refractivity contribution in [3.63, 3.8) is 0 Å². The van der Waals surface area contributed by atoms with Crippen molar-refractivity contribution >= 4 is 23.4 Å². The van der Waals surface area contributed by atoms with Gasteiger partial charge in [-0.05, 0) is 35.9 Å². The number of anilines is 2. The number of para-hydroxylation sites is 1. The van der Waals surface area contributed by atoms with E-state index in [0.29, 0.717) is 12.1 Å². The number of benzene rings is 2. The minimum atomic E-state index is -4.42. The lowest BCUT2D eigenvalue weighted by molar-refractivity contribution is -0.137. The highest BCUT2D eigenvalue weighted by molar-refractivity contribution is 6.29. The van der Waals surface area contributed by atoms with Gasteiger partial charge < -0.3 is 4.90 Å². The van der Waals surface area contributed by atoms with Crippen LogP contribution in [0.15, 0.2) is 48.5 Å².